The summed E-state index contributed by atoms with van der Waals surface area (Å²) in [4.78, 5) is 15.3. The molecule has 0 aliphatic heterocycles. The molecule has 0 saturated heterocycles. The molecular formula is C15H16N4O. The van der Waals surface area contributed by atoms with Crippen molar-refractivity contribution in [2.75, 3.05) is 5.32 Å². The molecule has 0 fully saturated rings. The van der Waals surface area contributed by atoms with Gasteiger partial charge in [0.25, 0.3) is 0 Å². The molecule has 102 valence electrons. The van der Waals surface area contributed by atoms with E-state index in [1.807, 2.05) is 37.4 Å². The van der Waals surface area contributed by atoms with Crippen LogP contribution in [-0.4, -0.2) is 21.1 Å². The highest BCUT2D eigenvalue weighted by atomic mass is 16.1. The maximum atomic E-state index is 12.1. The molecular weight excluding hydrogens is 252 g/mol. The molecule has 20 heavy (non-hydrogen) atoms. The van der Waals surface area contributed by atoms with Crippen LogP contribution in [0, 0.1) is 0 Å². The molecule has 0 bridgehead atoms. The minimum Gasteiger partial charge on any atom is -0.361 e. The van der Waals surface area contributed by atoms with Gasteiger partial charge in [-0.05, 0) is 18.1 Å². The number of benzene rings is 1. The van der Waals surface area contributed by atoms with Gasteiger partial charge in [-0.25, -0.2) is 0 Å². The molecule has 1 amide bonds. The molecule has 5 nitrogen and oxygen atoms in total. The lowest BCUT2D eigenvalue weighted by molar-refractivity contribution is -0.115. The Labute approximate surface area is 116 Å². The Bertz CT molecular complexity index is 741. The number of nitrogens with zero attached hydrogens (tertiary/aromatic N) is 1. The van der Waals surface area contributed by atoms with E-state index in [1.165, 1.54) is 0 Å². The predicted octanol–water partition coefficient (Wildman–Crippen LogP) is 2.63. The molecule has 3 N–H and O–H groups in total. The second-order valence-corrected chi connectivity index (χ2v) is 4.71. The average molecular weight is 268 g/mol. The second-order valence-electron chi connectivity index (χ2n) is 4.71. The largest absolute Gasteiger partial charge is 0.361 e. The molecule has 0 saturated carbocycles. The van der Waals surface area contributed by atoms with Gasteiger partial charge in [0.05, 0.1) is 12.6 Å². The number of fused-ring (bicyclic) bond motifs is 1. The number of hydrogen-bond donors (Lipinski definition) is 3. The topological polar surface area (TPSA) is 73.6 Å². The number of H-pyrrole nitrogens is 2. The summed E-state index contributed by atoms with van der Waals surface area (Å²) in [7, 11) is 0. The molecule has 0 aliphatic rings. The fourth-order valence-electron chi connectivity index (χ4n) is 2.32. The number of amides is 1. The Morgan fingerprint density at radius 1 is 1.30 bits per heavy atom. The standard InChI is InChI=1S/C15H16N4O/c1-2-10-9-17-19-15(10)18-14(20)7-11-8-16-13-6-4-3-5-12(11)13/h3-6,8-9,16H,2,7H2,1H3,(H2,17,18,19,20). The van der Waals surface area contributed by atoms with Crippen LogP contribution in [0.1, 0.15) is 18.1 Å². The van der Waals surface area contributed by atoms with Crippen molar-refractivity contribution in [2.45, 2.75) is 19.8 Å². The average Bonchev–Trinajstić information content (AvgIpc) is 3.06. The van der Waals surface area contributed by atoms with Gasteiger partial charge in [-0.15, -0.1) is 0 Å². The van der Waals surface area contributed by atoms with E-state index in [9.17, 15) is 4.79 Å². The number of nitrogens with one attached hydrogen (secondary N) is 3. The number of carbonyl (C=O) groups is 1. The van der Waals surface area contributed by atoms with Crippen molar-refractivity contribution in [1.82, 2.24) is 15.2 Å². The van der Waals surface area contributed by atoms with Crippen LogP contribution in [0.4, 0.5) is 5.82 Å². The third kappa shape index (κ3) is 2.30. The van der Waals surface area contributed by atoms with Crippen molar-refractivity contribution in [3.8, 4) is 0 Å². The molecule has 0 aliphatic carbocycles. The van der Waals surface area contributed by atoms with Gasteiger partial charge in [0.15, 0.2) is 0 Å². The highest BCUT2D eigenvalue weighted by Gasteiger charge is 2.11. The number of anilines is 1. The second kappa shape index (κ2) is 5.21. The number of hydrogen-bond acceptors (Lipinski definition) is 2. The van der Waals surface area contributed by atoms with E-state index in [0.29, 0.717) is 12.2 Å². The highest BCUT2D eigenvalue weighted by Crippen LogP contribution is 2.19. The van der Waals surface area contributed by atoms with Crippen molar-refractivity contribution in [3.05, 3.63) is 47.8 Å². The van der Waals surface area contributed by atoms with Gasteiger partial charge in [-0.3, -0.25) is 9.89 Å². The van der Waals surface area contributed by atoms with Crippen molar-refractivity contribution in [3.63, 3.8) is 0 Å². The van der Waals surface area contributed by atoms with Crippen LogP contribution in [0.2, 0.25) is 0 Å². The lowest BCUT2D eigenvalue weighted by Gasteiger charge is -2.04. The SMILES string of the molecule is CCc1cn[nH]c1NC(=O)Cc1c[nH]c2ccccc12. The number of para-hydroxylation sites is 1. The molecule has 2 heterocycles. The zero-order valence-electron chi connectivity index (χ0n) is 11.2. The molecule has 0 unspecified atom stereocenters. The lowest BCUT2D eigenvalue weighted by Crippen LogP contribution is -2.15. The normalized spacial score (nSPS) is 10.8. The first-order valence-electron chi connectivity index (χ1n) is 6.65. The zero-order chi connectivity index (χ0) is 13.9. The molecule has 3 rings (SSSR count). The minimum absolute atomic E-state index is 0.0475. The van der Waals surface area contributed by atoms with Crippen LogP contribution in [-0.2, 0) is 17.6 Å². The Hall–Kier alpha value is -2.56. The Morgan fingerprint density at radius 3 is 3.00 bits per heavy atom. The molecule has 0 atom stereocenters. The third-order valence-corrected chi connectivity index (χ3v) is 3.39. The fourth-order valence-corrected chi connectivity index (χ4v) is 2.32. The van der Waals surface area contributed by atoms with Gasteiger partial charge in [0.2, 0.25) is 5.91 Å². The number of aryl methyl sites for hydroxylation is 1. The number of carbonyl (C=O) groups excluding carboxylic acids is 1. The summed E-state index contributed by atoms with van der Waals surface area (Å²) in [6, 6.07) is 7.96. The highest BCUT2D eigenvalue weighted by molar-refractivity contribution is 5.95. The molecule has 2 aromatic heterocycles. The van der Waals surface area contributed by atoms with E-state index in [0.717, 1.165) is 28.5 Å². The Kier molecular flexibility index (Phi) is 3.25. The summed E-state index contributed by atoms with van der Waals surface area (Å²) >= 11 is 0. The number of aromatic nitrogens is 3. The van der Waals surface area contributed by atoms with E-state index in [4.69, 9.17) is 0 Å². The van der Waals surface area contributed by atoms with E-state index < -0.39 is 0 Å². The van der Waals surface area contributed by atoms with Crippen LogP contribution in [0.15, 0.2) is 36.7 Å². The van der Waals surface area contributed by atoms with Gasteiger partial charge in [0.1, 0.15) is 5.82 Å². The van der Waals surface area contributed by atoms with E-state index in [-0.39, 0.29) is 5.91 Å². The molecule has 0 spiro atoms. The van der Waals surface area contributed by atoms with Gasteiger partial charge >= 0.3 is 0 Å². The quantitative estimate of drug-likeness (QED) is 0.680. The molecule has 3 aromatic rings. The zero-order valence-corrected chi connectivity index (χ0v) is 11.2. The van der Waals surface area contributed by atoms with Gasteiger partial charge in [-0.2, -0.15) is 5.10 Å². The number of rotatable bonds is 4. The van der Waals surface area contributed by atoms with Crippen LogP contribution < -0.4 is 5.32 Å². The third-order valence-electron chi connectivity index (χ3n) is 3.39. The van der Waals surface area contributed by atoms with Crippen molar-refractivity contribution in [1.29, 1.82) is 0 Å². The van der Waals surface area contributed by atoms with Crippen molar-refractivity contribution < 1.29 is 4.79 Å². The van der Waals surface area contributed by atoms with Crippen molar-refractivity contribution >= 4 is 22.6 Å². The summed E-state index contributed by atoms with van der Waals surface area (Å²) in [5.41, 5.74) is 3.05. The molecule has 5 heteroatoms. The van der Waals surface area contributed by atoms with Gasteiger partial charge in [0, 0.05) is 22.7 Å². The summed E-state index contributed by atoms with van der Waals surface area (Å²) in [6.07, 6.45) is 4.80. The maximum absolute atomic E-state index is 12.1. The lowest BCUT2D eigenvalue weighted by atomic mass is 10.1. The monoisotopic (exact) mass is 268 g/mol. The van der Waals surface area contributed by atoms with Crippen LogP contribution in [0.3, 0.4) is 0 Å². The summed E-state index contributed by atoms with van der Waals surface area (Å²) in [5.74, 6) is 0.644. The fraction of sp³-hybridized carbons (Fsp3) is 0.200. The first-order chi connectivity index (χ1) is 9.78. The summed E-state index contributed by atoms with van der Waals surface area (Å²) < 4.78 is 0. The summed E-state index contributed by atoms with van der Waals surface area (Å²) in [6.45, 7) is 2.03. The van der Waals surface area contributed by atoms with E-state index >= 15 is 0 Å². The minimum atomic E-state index is -0.0475. The smallest absolute Gasteiger partial charge is 0.230 e. The van der Waals surface area contributed by atoms with E-state index in [2.05, 4.69) is 20.5 Å². The summed E-state index contributed by atoms with van der Waals surface area (Å²) in [5, 5.41) is 10.7. The van der Waals surface area contributed by atoms with Crippen LogP contribution in [0.5, 0.6) is 0 Å². The predicted molar refractivity (Wildman–Crippen MR) is 78.6 cm³/mol. The van der Waals surface area contributed by atoms with E-state index in [1.54, 1.807) is 6.20 Å². The van der Waals surface area contributed by atoms with Gasteiger partial charge in [-0.1, -0.05) is 25.1 Å². The van der Waals surface area contributed by atoms with Gasteiger partial charge < -0.3 is 10.3 Å². The maximum Gasteiger partial charge on any atom is 0.230 e. The Morgan fingerprint density at radius 2 is 2.15 bits per heavy atom. The molecule has 0 radical (unpaired) electrons. The van der Waals surface area contributed by atoms with Crippen molar-refractivity contribution in [2.24, 2.45) is 0 Å². The van der Waals surface area contributed by atoms with Crippen LogP contribution >= 0.6 is 0 Å². The first kappa shape index (κ1) is 12.5. The van der Waals surface area contributed by atoms with Crippen LogP contribution in [0.25, 0.3) is 10.9 Å². The molecule has 1 aromatic carbocycles. The first-order valence-corrected chi connectivity index (χ1v) is 6.65. The number of aromatic amines is 2. The Balaban J connectivity index is 1.76.